The van der Waals surface area contributed by atoms with Crippen molar-refractivity contribution >= 4 is 28.0 Å². The van der Waals surface area contributed by atoms with Gasteiger partial charge in [-0.15, -0.1) is 0 Å². The number of carbonyl (C=O) groups is 2. The maximum absolute atomic E-state index is 11.7. The summed E-state index contributed by atoms with van der Waals surface area (Å²) < 4.78 is 32.0. The van der Waals surface area contributed by atoms with Gasteiger partial charge in [-0.1, -0.05) is 12.1 Å². The summed E-state index contributed by atoms with van der Waals surface area (Å²) >= 11 is 0. The van der Waals surface area contributed by atoms with Crippen LogP contribution < -0.4 is 32.4 Å². The average molecular weight is 468 g/mol. The van der Waals surface area contributed by atoms with E-state index in [1.807, 2.05) is 4.72 Å². The van der Waals surface area contributed by atoms with Crippen molar-refractivity contribution in [2.24, 2.45) is 27.9 Å². The molecule has 0 fully saturated rings. The fourth-order valence-corrected chi connectivity index (χ4v) is 2.64. The van der Waals surface area contributed by atoms with E-state index in [9.17, 15) is 18.0 Å². The Balaban J connectivity index is 0.00000161. The molecule has 2 atom stereocenters. The summed E-state index contributed by atoms with van der Waals surface area (Å²) in [5.74, 6) is -1.68. The predicted octanol–water partition coefficient (Wildman–Crippen LogP) is -3.63. The normalized spacial score (nSPS) is 12.9. The molecule has 1 rings (SSSR count). The molecule has 12 N–H and O–H groups in total. The Hall–Kier alpha value is -2.86. The molecule has 17 heteroatoms. The molecule has 0 bridgehead atoms. The van der Waals surface area contributed by atoms with Crippen LogP contribution in [0.5, 0.6) is 0 Å². The Kier molecular flexibility index (Phi) is 12.9. The van der Waals surface area contributed by atoms with Gasteiger partial charge >= 0.3 is 5.97 Å². The summed E-state index contributed by atoms with van der Waals surface area (Å²) in [5, 5.41) is 21.2. The van der Waals surface area contributed by atoms with E-state index < -0.39 is 34.9 Å². The van der Waals surface area contributed by atoms with Crippen LogP contribution in [0.25, 0.3) is 0 Å². The van der Waals surface area contributed by atoms with Gasteiger partial charge in [0.25, 0.3) is 10.2 Å². The van der Waals surface area contributed by atoms with Crippen molar-refractivity contribution in [3.05, 3.63) is 11.7 Å². The van der Waals surface area contributed by atoms with Gasteiger partial charge in [0.15, 0.2) is 11.8 Å². The van der Waals surface area contributed by atoms with Crippen LogP contribution >= 0.6 is 0 Å². The molecular formula is C14H29N9O7S. The van der Waals surface area contributed by atoms with Crippen LogP contribution in [-0.4, -0.2) is 65.8 Å². The fraction of sp³-hybridized carbons (Fsp3) is 0.643. The number of nitrogens with zero attached hydrogens (tertiary/aromatic N) is 3. The molecule has 1 amide bonds. The second-order valence-corrected chi connectivity index (χ2v) is 7.47. The number of aromatic nitrogens is 2. The van der Waals surface area contributed by atoms with Crippen LogP contribution in [0.3, 0.4) is 0 Å². The summed E-state index contributed by atoms with van der Waals surface area (Å²) in [6, 6.07) is -2.23. The van der Waals surface area contributed by atoms with Crippen LogP contribution in [0.15, 0.2) is 9.52 Å². The van der Waals surface area contributed by atoms with E-state index in [1.54, 1.807) is 11.6 Å². The highest BCUT2D eigenvalue weighted by molar-refractivity contribution is 7.87. The van der Waals surface area contributed by atoms with Crippen molar-refractivity contribution in [3.8, 4) is 0 Å². The minimum atomic E-state index is -4.21. The quantitative estimate of drug-likeness (QED) is 0.0792. The van der Waals surface area contributed by atoms with Gasteiger partial charge in [-0.2, -0.15) is 22.8 Å². The van der Waals surface area contributed by atoms with Crippen molar-refractivity contribution in [2.45, 2.75) is 44.8 Å². The molecule has 178 valence electrons. The van der Waals surface area contributed by atoms with E-state index in [2.05, 4.69) is 20.9 Å². The molecule has 1 aromatic rings. The third-order valence-electron chi connectivity index (χ3n) is 3.32. The van der Waals surface area contributed by atoms with Crippen LogP contribution in [0.1, 0.15) is 43.9 Å². The number of guanidine groups is 1. The first kappa shape index (κ1) is 28.1. The molecular weight excluding hydrogens is 438 g/mol. The number of hydrogen-bond acceptors (Lipinski definition) is 10. The Morgan fingerprint density at radius 2 is 1.90 bits per heavy atom. The largest absolute Gasteiger partial charge is 0.480 e. The lowest BCUT2D eigenvalue weighted by Gasteiger charge is -2.11. The number of nitrogens with one attached hydrogen (secondary N) is 2. The molecule has 0 aliphatic rings. The zero-order valence-corrected chi connectivity index (χ0v) is 17.7. The van der Waals surface area contributed by atoms with E-state index in [0.29, 0.717) is 25.8 Å². The number of aliphatic hydroxyl groups excluding tert-OH is 1. The third-order valence-corrected chi connectivity index (χ3v) is 4.44. The monoisotopic (exact) mass is 467 g/mol. The second-order valence-electron chi connectivity index (χ2n) is 5.94. The van der Waals surface area contributed by atoms with Gasteiger partial charge in [0.2, 0.25) is 11.8 Å². The van der Waals surface area contributed by atoms with Gasteiger partial charge in [0.05, 0.1) is 19.2 Å². The van der Waals surface area contributed by atoms with Crippen molar-refractivity contribution in [2.75, 3.05) is 13.2 Å². The van der Waals surface area contributed by atoms with Gasteiger partial charge in [0, 0.05) is 13.0 Å². The molecule has 0 saturated carbocycles. The lowest BCUT2D eigenvalue weighted by atomic mass is 10.1. The number of aliphatic carboxylic acids is 1. The zero-order chi connectivity index (χ0) is 24.0. The number of amides is 1. The Morgan fingerprint density at radius 1 is 1.29 bits per heavy atom. The summed E-state index contributed by atoms with van der Waals surface area (Å²) in [7, 11) is -4.21. The fourth-order valence-electron chi connectivity index (χ4n) is 1.69. The highest BCUT2D eigenvalue weighted by Crippen LogP contribution is 2.12. The predicted molar refractivity (Wildman–Crippen MR) is 108 cm³/mol. The molecule has 0 radical (unpaired) electrons. The third kappa shape index (κ3) is 13.1. The van der Waals surface area contributed by atoms with Gasteiger partial charge in [0.1, 0.15) is 6.04 Å². The summed E-state index contributed by atoms with van der Waals surface area (Å²) in [5.41, 5.74) is 20.9. The smallest absolute Gasteiger partial charge is 0.324 e. The summed E-state index contributed by atoms with van der Waals surface area (Å²) in [6.07, 6.45) is 1.50. The van der Waals surface area contributed by atoms with Crippen molar-refractivity contribution in [1.29, 1.82) is 0 Å². The number of aliphatic hydroxyl groups is 1. The number of primary amides is 1. The first-order valence-corrected chi connectivity index (χ1v) is 10.4. The number of carboxylic acid groups (broad SMARTS) is 1. The van der Waals surface area contributed by atoms with Crippen molar-refractivity contribution in [3.63, 3.8) is 0 Å². The van der Waals surface area contributed by atoms with E-state index in [4.69, 9.17) is 31.9 Å². The minimum Gasteiger partial charge on any atom is -0.480 e. The SMILES string of the molecule is CCC(N)=O.NC(N)=NCCC[C@H](N)c1noc(CNS(=O)(=O)N[C@@H](CO)C(=O)O)n1. The highest BCUT2D eigenvalue weighted by atomic mass is 32.2. The molecule has 0 saturated heterocycles. The zero-order valence-electron chi connectivity index (χ0n) is 16.9. The molecule has 0 spiro atoms. The number of aliphatic imine (C=N–C) groups is 1. The van der Waals surface area contributed by atoms with Gasteiger partial charge in [-0.05, 0) is 12.8 Å². The molecule has 0 aliphatic heterocycles. The Morgan fingerprint density at radius 3 is 2.39 bits per heavy atom. The Labute approximate surface area is 178 Å². The first-order valence-electron chi connectivity index (χ1n) is 8.94. The number of carbonyl (C=O) groups excluding carboxylic acids is 1. The van der Waals surface area contributed by atoms with Crippen LogP contribution in [0.4, 0.5) is 0 Å². The summed E-state index contributed by atoms with van der Waals surface area (Å²) in [4.78, 5) is 28.1. The van der Waals surface area contributed by atoms with Gasteiger partial charge < -0.3 is 37.7 Å². The van der Waals surface area contributed by atoms with Gasteiger partial charge in [-0.25, -0.2) is 0 Å². The standard InChI is InChI=1S/C11H22N8O6S.C3H7NO/c12-6(2-1-3-15-11(13)14)9-17-8(25-18-9)4-16-26(23,24)19-7(5-20)10(21)22;1-2-3(4)5/h6-7,16,19-20H,1-5,12H2,(H,21,22)(H4,13,14,15);2H2,1H3,(H2,4,5)/t6-,7-;/m0./s1. The van der Waals surface area contributed by atoms with E-state index in [-0.39, 0.29) is 30.1 Å². The maximum Gasteiger partial charge on any atom is 0.324 e. The molecule has 0 aliphatic carbocycles. The lowest BCUT2D eigenvalue weighted by molar-refractivity contribution is -0.139. The van der Waals surface area contributed by atoms with Crippen LogP contribution in [0, 0.1) is 0 Å². The number of nitrogens with two attached hydrogens (primary N) is 4. The van der Waals surface area contributed by atoms with Gasteiger partial charge in [-0.3, -0.25) is 14.6 Å². The average Bonchev–Trinajstić information content (AvgIpc) is 3.17. The van der Waals surface area contributed by atoms with Crippen LogP contribution in [0.2, 0.25) is 0 Å². The minimum absolute atomic E-state index is 0.0207. The number of rotatable bonds is 13. The Bertz CT molecular complexity index is 824. The molecule has 1 aromatic heterocycles. The molecule has 31 heavy (non-hydrogen) atoms. The summed E-state index contributed by atoms with van der Waals surface area (Å²) in [6.45, 7) is 0.820. The van der Waals surface area contributed by atoms with E-state index in [0.717, 1.165) is 0 Å². The molecule has 0 aromatic carbocycles. The van der Waals surface area contributed by atoms with Crippen molar-refractivity contribution in [1.82, 2.24) is 19.6 Å². The topological polar surface area (TPSA) is 288 Å². The second kappa shape index (κ2) is 14.2. The number of hydrogen-bond donors (Lipinski definition) is 8. The van der Waals surface area contributed by atoms with Crippen molar-refractivity contribution < 1.29 is 32.7 Å². The molecule has 16 nitrogen and oxygen atoms in total. The molecule has 0 unspecified atom stereocenters. The lowest BCUT2D eigenvalue weighted by Crippen LogP contribution is -2.48. The first-order chi connectivity index (χ1) is 14.4. The molecule has 1 heterocycles. The maximum atomic E-state index is 11.7. The van der Waals surface area contributed by atoms with E-state index >= 15 is 0 Å². The number of carboxylic acids is 1. The highest BCUT2D eigenvalue weighted by Gasteiger charge is 2.23. The van der Waals surface area contributed by atoms with Crippen LogP contribution in [-0.2, 0) is 26.3 Å². The van der Waals surface area contributed by atoms with E-state index in [1.165, 1.54) is 0 Å².